The highest BCUT2D eigenvalue weighted by atomic mass is 32.1. The quantitative estimate of drug-likeness (QED) is 0.167. The zero-order chi connectivity index (χ0) is 40.7. The first kappa shape index (κ1) is 35.9. The molecule has 61 heavy (non-hydrogen) atoms. The van der Waals surface area contributed by atoms with Gasteiger partial charge in [0.15, 0.2) is 0 Å². The molecule has 0 spiro atoms. The lowest BCUT2D eigenvalue weighted by Crippen LogP contribution is -2.15. The van der Waals surface area contributed by atoms with Gasteiger partial charge < -0.3 is 0 Å². The van der Waals surface area contributed by atoms with Crippen LogP contribution in [0.3, 0.4) is 0 Å². The van der Waals surface area contributed by atoms with E-state index in [-0.39, 0.29) is 5.41 Å². The van der Waals surface area contributed by atoms with Crippen molar-refractivity contribution in [3.8, 4) is 76.8 Å². The molecule has 4 heteroatoms. The lowest BCUT2D eigenvalue weighted by atomic mass is 9.81. The van der Waals surface area contributed by atoms with Crippen molar-refractivity contribution in [2.45, 2.75) is 19.3 Å². The van der Waals surface area contributed by atoms with Crippen LogP contribution in [0.2, 0.25) is 0 Å². The van der Waals surface area contributed by atoms with E-state index in [2.05, 4.69) is 208 Å². The molecule has 9 aromatic carbocycles. The highest BCUT2D eigenvalue weighted by molar-refractivity contribution is 7.22. The molecule has 11 aromatic rings. The van der Waals surface area contributed by atoms with Gasteiger partial charge in [-0.05, 0) is 132 Å². The van der Waals surface area contributed by atoms with E-state index in [1.807, 2.05) is 0 Å². The van der Waals surface area contributed by atoms with E-state index in [9.17, 15) is 0 Å². The molecule has 1 aliphatic rings. The minimum Gasteiger partial charge on any atom is -0.236 e. The highest BCUT2D eigenvalue weighted by Gasteiger charge is 2.36. The molecular weight excluding hydrogens is 777 g/mol. The molecule has 0 fully saturated rings. The number of thiazole rings is 2. The number of rotatable bonds is 6. The molecule has 12 rings (SSSR count). The van der Waals surface area contributed by atoms with E-state index < -0.39 is 0 Å². The van der Waals surface area contributed by atoms with Gasteiger partial charge in [-0.3, -0.25) is 0 Å². The third-order valence-electron chi connectivity index (χ3n) is 12.5. The summed E-state index contributed by atoms with van der Waals surface area (Å²) < 4.78 is 2.41. The molecule has 0 bridgehead atoms. The summed E-state index contributed by atoms with van der Waals surface area (Å²) in [5.41, 5.74) is 19.3. The number of para-hydroxylation sites is 2. The van der Waals surface area contributed by atoms with Crippen LogP contribution in [0.1, 0.15) is 25.0 Å². The molecule has 0 aliphatic heterocycles. The van der Waals surface area contributed by atoms with Crippen LogP contribution >= 0.6 is 22.7 Å². The zero-order valence-corrected chi connectivity index (χ0v) is 35.3. The van der Waals surface area contributed by atoms with Crippen molar-refractivity contribution >= 4 is 53.9 Å². The minimum absolute atomic E-state index is 0.100. The smallest absolute Gasteiger partial charge is 0.124 e. The second-order valence-corrected chi connectivity index (χ2v) is 18.7. The maximum absolute atomic E-state index is 4.93. The van der Waals surface area contributed by atoms with E-state index in [0.29, 0.717) is 0 Å². The molecule has 2 aromatic heterocycles. The van der Waals surface area contributed by atoms with Gasteiger partial charge in [0.1, 0.15) is 10.0 Å². The topological polar surface area (TPSA) is 25.8 Å². The Morgan fingerprint density at radius 2 is 0.836 bits per heavy atom. The predicted octanol–water partition coefficient (Wildman–Crippen LogP) is 16.4. The van der Waals surface area contributed by atoms with Crippen LogP contribution in [0.4, 0.5) is 0 Å². The molecule has 0 saturated carbocycles. The average Bonchev–Trinajstić information content (AvgIpc) is 4.02. The molecule has 0 N–H and O–H groups in total. The first-order valence-electron chi connectivity index (χ1n) is 20.8. The van der Waals surface area contributed by atoms with Crippen molar-refractivity contribution in [1.82, 2.24) is 9.97 Å². The second kappa shape index (κ2) is 14.1. The monoisotopic (exact) mass is 814 g/mol. The molecule has 0 atom stereocenters. The Bertz CT molecular complexity index is 3300. The van der Waals surface area contributed by atoms with Gasteiger partial charge in [0.25, 0.3) is 0 Å². The van der Waals surface area contributed by atoms with Gasteiger partial charge in [0.05, 0.1) is 20.4 Å². The van der Waals surface area contributed by atoms with E-state index >= 15 is 0 Å². The summed E-state index contributed by atoms with van der Waals surface area (Å²) in [6.45, 7) is 4.74. The van der Waals surface area contributed by atoms with E-state index in [1.54, 1.807) is 22.7 Å². The average molecular weight is 815 g/mol. The number of fused-ring (bicyclic) bond motifs is 7. The van der Waals surface area contributed by atoms with Crippen LogP contribution in [0, 0.1) is 0 Å². The lowest BCUT2D eigenvalue weighted by Gasteiger charge is -2.22. The largest absolute Gasteiger partial charge is 0.236 e. The van der Waals surface area contributed by atoms with Crippen LogP contribution in [-0.2, 0) is 5.41 Å². The van der Waals surface area contributed by atoms with E-state index in [4.69, 9.17) is 9.97 Å². The Labute approximate surface area is 363 Å². The third kappa shape index (κ3) is 6.13. The van der Waals surface area contributed by atoms with Crippen LogP contribution in [0.15, 0.2) is 194 Å². The number of benzene rings is 9. The predicted molar refractivity (Wildman–Crippen MR) is 260 cm³/mol. The summed E-state index contributed by atoms with van der Waals surface area (Å²) in [5, 5.41) is 4.70. The Morgan fingerprint density at radius 1 is 0.361 bits per heavy atom. The number of aromatic nitrogens is 2. The van der Waals surface area contributed by atoms with Crippen molar-refractivity contribution in [2.24, 2.45) is 0 Å². The number of nitrogens with zero attached hydrogens (tertiary/aromatic N) is 2. The van der Waals surface area contributed by atoms with Crippen LogP contribution in [0.5, 0.6) is 0 Å². The minimum atomic E-state index is -0.100. The first-order chi connectivity index (χ1) is 29.9. The highest BCUT2D eigenvalue weighted by Crippen LogP contribution is 2.52. The summed E-state index contributed by atoms with van der Waals surface area (Å²) in [6.07, 6.45) is 0. The van der Waals surface area contributed by atoms with Gasteiger partial charge in [-0.1, -0.05) is 153 Å². The molecule has 0 unspecified atom stereocenters. The van der Waals surface area contributed by atoms with Crippen molar-refractivity contribution in [3.63, 3.8) is 0 Å². The molecule has 0 radical (unpaired) electrons. The number of hydrogen-bond acceptors (Lipinski definition) is 4. The maximum atomic E-state index is 4.93. The third-order valence-corrected chi connectivity index (χ3v) is 14.7. The zero-order valence-electron chi connectivity index (χ0n) is 33.7. The summed E-state index contributed by atoms with van der Waals surface area (Å²) in [4.78, 5) is 9.86. The van der Waals surface area contributed by atoms with Gasteiger partial charge in [-0.15, -0.1) is 22.7 Å². The van der Waals surface area contributed by atoms with Crippen molar-refractivity contribution in [1.29, 1.82) is 0 Å². The second-order valence-electron chi connectivity index (χ2n) is 16.6. The Balaban J connectivity index is 0.940. The molecule has 0 saturated heterocycles. The summed E-state index contributed by atoms with van der Waals surface area (Å²) >= 11 is 3.48. The molecule has 1 aliphatic carbocycles. The molecule has 288 valence electrons. The molecular formula is C57H38N2S2. The van der Waals surface area contributed by atoms with Crippen molar-refractivity contribution < 1.29 is 0 Å². The fraction of sp³-hybridized carbons (Fsp3) is 0.0526. The van der Waals surface area contributed by atoms with E-state index in [0.717, 1.165) is 32.2 Å². The van der Waals surface area contributed by atoms with E-state index in [1.165, 1.54) is 86.9 Å². The number of hydrogen-bond donors (Lipinski definition) is 0. The standard InChI is InChI=1S/C57H38N2S2/c1-57(2)48-29-27-37-10-3-4-13-46(37)54(48)47-28-26-42(34-49(47)57)40-11-9-12-41(30-40)45-32-43(35-18-22-38(23-19-35)55-58-50-14-5-7-16-52(50)60-55)31-44(33-45)36-20-24-39(25-21-36)56-59-51-15-6-8-17-53(51)61-56/h3-34H,1-2H3. The fourth-order valence-corrected chi connectivity index (χ4v) is 11.2. The normalized spacial score (nSPS) is 12.9. The molecule has 0 amide bonds. The van der Waals surface area contributed by atoms with Gasteiger partial charge in [0, 0.05) is 16.5 Å². The van der Waals surface area contributed by atoms with Gasteiger partial charge in [-0.25, -0.2) is 9.97 Å². The van der Waals surface area contributed by atoms with Crippen LogP contribution in [-0.4, -0.2) is 9.97 Å². The Morgan fingerprint density at radius 3 is 1.44 bits per heavy atom. The van der Waals surface area contributed by atoms with Crippen LogP contribution < -0.4 is 0 Å². The SMILES string of the molecule is CC1(C)c2cc(-c3cccc(-c4cc(-c5ccc(-c6nc7ccccc7s6)cc5)cc(-c5ccc(-c6nc7ccccc7s6)cc5)c4)c3)ccc2-c2c1ccc1ccccc21. The van der Waals surface area contributed by atoms with Gasteiger partial charge in [-0.2, -0.15) is 0 Å². The van der Waals surface area contributed by atoms with Crippen molar-refractivity contribution in [3.05, 3.63) is 205 Å². The Kier molecular flexibility index (Phi) is 8.28. The summed E-state index contributed by atoms with van der Waals surface area (Å²) in [5.74, 6) is 0. The maximum Gasteiger partial charge on any atom is 0.124 e. The van der Waals surface area contributed by atoms with Gasteiger partial charge >= 0.3 is 0 Å². The Hall–Kier alpha value is -6.98. The lowest BCUT2D eigenvalue weighted by molar-refractivity contribution is 0.661. The van der Waals surface area contributed by atoms with Crippen molar-refractivity contribution in [2.75, 3.05) is 0 Å². The van der Waals surface area contributed by atoms with Crippen LogP contribution in [0.25, 0.3) is 108 Å². The fourth-order valence-electron chi connectivity index (χ4n) is 9.29. The summed E-state index contributed by atoms with van der Waals surface area (Å²) in [6, 6.07) is 71.1. The first-order valence-corrected chi connectivity index (χ1v) is 22.4. The van der Waals surface area contributed by atoms with Gasteiger partial charge in [0.2, 0.25) is 0 Å². The molecule has 2 heterocycles. The summed E-state index contributed by atoms with van der Waals surface area (Å²) in [7, 11) is 0. The molecule has 2 nitrogen and oxygen atoms in total.